The Morgan fingerprint density at radius 3 is 1.75 bits per heavy atom. The summed E-state index contributed by atoms with van der Waals surface area (Å²) in [6.07, 6.45) is -0.799. The third-order valence-electron chi connectivity index (χ3n) is 2.72. The number of hydrogen-bond acceptors (Lipinski definition) is 0. The molecule has 0 N–H and O–H groups in total. The molecule has 0 amide bonds. The Balaban J connectivity index is 0.000000205. The maximum Gasteiger partial charge on any atom is 0.270 e. The molecular weight excluding hydrogens is 254 g/mol. The number of hydrogen-bond donors (Lipinski definition) is 0. The summed E-state index contributed by atoms with van der Waals surface area (Å²) in [4.78, 5) is 0. The zero-order chi connectivity index (χ0) is 14.2. The molecule has 20 heavy (non-hydrogen) atoms. The van der Waals surface area contributed by atoms with Crippen molar-refractivity contribution in [3.8, 4) is 0 Å². The largest absolute Gasteiger partial charge is 0.270 e. The molecule has 3 aromatic rings. The van der Waals surface area contributed by atoms with Gasteiger partial charge in [-0.2, -0.15) is 8.78 Å². The zero-order valence-corrected chi connectivity index (χ0v) is 10.8. The Morgan fingerprint density at radius 1 is 0.650 bits per heavy atom. The van der Waals surface area contributed by atoms with Gasteiger partial charge in [0.05, 0.1) is 0 Å². The highest BCUT2D eigenvalue weighted by Gasteiger charge is 1.95. The fraction of sp³-hybridized carbons (Fsp3) is 0. The van der Waals surface area contributed by atoms with Gasteiger partial charge in [0.1, 0.15) is 0 Å². The van der Waals surface area contributed by atoms with Gasteiger partial charge < -0.3 is 0 Å². The first kappa shape index (κ1) is 13.9. The lowest BCUT2D eigenvalue weighted by atomic mass is 10.1. The van der Waals surface area contributed by atoms with Crippen molar-refractivity contribution in [3.63, 3.8) is 0 Å². The van der Waals surface area contributed by atoms with Crippen LogP contribution in [0, 0.1) is 0 Å². The third-order valence-corrected chi connectivity index (χ3v) is 2.72. The molecular formula is C18H14F2. The number of halogens is 2. The van der Waals surface area contributed by atoms with E-state index in [1.165, 1.54) is 0 Å². The molecule has 3 aromatic carbocycles. The number of rotatable bonds is 1. The van der Waals surface area contributed by atoms with Crippen LogP contribution in [0.15, 0.2) is 84.9 Å². The topological polar surface area (TPSA) is 0 Å². The van der Waals surface area contributed by atoms with Crippen molar-refractivity contribution in [2.75, 3.05) is 0 Å². The van der Waals surface area contributed by atoms with Crippen LogP contribution in [0.5, 0.6) is 0 Å². The van der Waals surface area contributed by atoms with Crippen molar-refractivity contribution in [3.05, 3.63) is 90.5 Å². The maximum absolute atomic E-state index is 12.0. The lowest BCUT2D eigenvalue weighted by Gasteiger charge is -1.98. The molecule has 0 fully saturated rings. The molecule has 0 radical (unpaired) electrons. The molecule has 0 nitrogen and oxygen atoms in total. The molecule has 0 heterocycles. The van der Waals surface area contributed by atoms with Gasteiger partial charge in [-0.25, -0.2) is 0 Å². The molecule has 0 unspecified atom stereocenters. The summed E-state index contributed by atoms with van der Waals surface area (Å²) < 4.78 is 24.0. The molecule has 0 aliphatic carbocycles. The van der Waals surface area contributed by atoms with Crippen LogP contribution in [0.1, 0.15) is 5.56 Å². The van der Waals surface area contributed by atoms with Gasteiger partial charge in [-0.1, -0.05) is 72.8 Å². The van der Waals surface area contributed by atoms with E-state index in [2.05, 4.69) is 0 Å². The predicted octanol–water partition coefficient (Wildman–Crippen LogP) is 5.76. The molecule has 0 atom stereocenters. The molecule has 0 spiro atoms. The smallest absolute Gasteiger partial charge is 0.173 e. The van der Waals surface area contributed by atoms with Crippen LogP contribution >= 0.6 is 0 Å². The summed E-state index contributed by atoms with van der Waals surface area (Å²) >= 11 is 0. The van der Waals surface area contributed by atoms with Gasteiger partial charge in [-0.3, -0.25) is 0 Å². The van der Waals surface area contributed by atoms with Gasteiger partial charge in [0.15, 0.2) is 0 Å². The van der Waals surface area contributed by atoms with E-state index < -0.39 is 6.08 Å². The average Bonchev–Trinajstić information content (AvgIpc) is 2.49. The van der Waals surface area contributed by atoms with Crippen molar-refractivity contribution in [1.29, 1.82) is 0 Å². The highest BCUT2D eigenvalue weighted by Crippen LogP contribution is 2.17. The summed E-state index contributed by atoms with van der Waals surface area (Å²) in [5.41, 5.74) is 0.531. The Hall–Kier alpha value is -2.48. The Morgan fingerprint density at radius 2 is 1.20 bits per heavy atom. The van der Waals surface area contributed by atoms with Crippen LogP contribution in [0.3, 0.4) is 0 Å². The molecule has 3 rings (SSSR count). The highest BCUT2D eigenvalue weighted by molar-refractivity contribution is 5.84. The van der Waals surface area contributed by atoms with Crippen LogP contribution in [0.2, 0.25) is 0 Å². The van der Waals surface area contributed by atoms with Crippen LogP contribution in [0.4, 0.5) is 8.78 Å². The average molecular weight is 268 g/mol. The summed E-state index contributed by atoms with van der Waals surface area (Å²) in [5, 5.41) is 2.03. The van der Waals surface area contributed by atoms with Gasteiger partial charge in [0.25, 0.3) is 6.08 Å². The van der Waals surface area contributed by atoms with Gasteiger partial charge >= 0.3 is 0 Å². The van der Waals surface area contributed by atoms with Crippen LogP contribution < -0.4 is 0 Å². The van der Waals surface area contributed by atoms with Gasteiger partial charge in [-0.15, -0.1) is 0 Å². The van der Waals surface area contributed by atoms with Crippen molar-refractivity contribution < 1.29 is 8.78 Å². The first-order valence-electron chi connectivity index (χ1n) is 6.27. The summed E-state index contributed by atoms with van der Waals surface area (Å²) in [5.74, 6) is 0. The second-order valence-corrected chi connectivity index (χ2v) is 4.20. The van der Waals surface area contributed by atoms with Gasteiger partial charge in [0, 0.05) is 6.08 Å². The molecule has 0 aliphatic heterocycles. The minimum absolute atomic E-state index is 0.531. The first-order valence-corrected chi connectivity index (χ1v) is 6.27. The van der Waals surface area contributed by atoms with Gasteiger partial charge in [-0.05, 0) is 22.4 Å². The van der Waals surface area contributed by atoms with Crippen molar-refractivity contribution >= 4 is 16.8 Å². The van der Waals surface area contributed by atoms with E-state index in [0.29, 0.717) is 5.56 Å². The molecule has 0 aromatic heterocycles. The third kappa shape index (κ3) is 4.32. The maximum atomic E-state index is 12.0. The normalized spacial score (nSPS) is 9.50. The van der Waals surface area contributed by atoms with Crippen LogP contribution in [0.25, 0.3) is 16.8 Å². The van der Waals surface area contributed by atoms with E-state index in [4.69, 9.17) is 0 Å². The van der Waals surface area contributed by atoms with E-state index in [-0.39, 0.29) is 0 Å². The van der Waals surface area contributed by atoms with Crippen molar-refractivity contribution in [2.24, 2.45) is 0 Å². The van der Waals surface area contributed by atoms with E-state index in [0.717, 1.165) is 16.8 Å². The van der Waals surface area contributed by atoms with E-state index in [1.54, 1.807) is 12.1 Å². The van der Waals surface area contributed by atoms with E-state index in [1.807, 2.05) is 66.7 Å². The highest BCUT2D eigenvalue weighted by atomic mass is 19.3. The number of benzene rings is 3. The molecule has 0 aliphatic rings. The van der Waals surface area contributed by atoms with E-state index in [9.17, 15) is 8.78 Å². The van der Waals surface area contributed by atoms with Gasteiger partial charge in [0.2, 0.25) is 0 Å². The number of fused-ring (bicyclic) bond motifs is 1. The molecule has 2 heteroatoms. The fourth-order valence-electron chi connectivity index (χ4n) is 1.81. The molecule has 0 bridgehead atoms. The SMILES string of the molecule is FC(F)=Cc1ccc2ccccc2c1.c1ccccc1. The Bertz CT molecular complexity index is 657. The summed E-state index contributed by atoms with van der Waals surface area (Å²) in [6, 6.07) is 24.9. The lowest BCUT2D eigenvalue weighted by Crippen LogP contribution is -1.75. The zero-order valence-electron chi connectivity index (χ0n) is 10.8. The van der Waals surface area contributed by atoms with Crippen molar-refractivity contribution in [2.45, 2.75) is 0 Å². The molecule has 0 saturated heterocycles. The summed E-state index contributed by atoms with van der Waals surface area (Å²) in [6.45, 7) is 0. The van der Waals surface area contributed by atoms with E-state index >= 15 is 0 Å². The Kier molecular flexibility index (Phi) is 5.01. The molecule has 0 saturated carbocycles. The monoisotopic (exact) mass is 268 g/mol. The summed E-state index contributed by atoms with van der Waals surface area (Å²) in [7, 11) is 0. The van der Waals surface area contributed by atoms with Crippen LogP contribution in [-0.2, 0) is 0 Å². The predicted molar refractivity (Wildman–Crippen MR) is 80.6 cm³/mol. The first-order chi connectivity index (χ1) is 9.75. The fourth-order valence-corrected chi connectivity index (χ4v) is 1.81. The quantitative estimate of drug-likeness (QED) is 0.526. The standard InChI is InChI=1S/C12H8F2.C6H6/c13-12(14)8-9-5-6-10-3-1-2-4-11(10)7-9;1-2-4-6-5-3-1/h1-8H;1-6H. The van der Waals surface area contributed by atoms with Crippen LogP contribution in [-0.4, -0.2) is 0 Å². The lowest BCUT2D eigenvalue weighted by molar-refractivity contribution is 0.429. The minimum Gasteiger partial charge on any atom is -0.173 e. The molecule has 100 valence electrons. The minimum atomic E-state index is -1.67. The Labute approximate surface area is 117 Å². The second-order valence-electron chi connectivity index (χ2n) is 4.20. The van der Waals surface area contributed by atoms with Crippen molar-refractivity contribution in [1.82, 2.24) is 0 Å². The second kappa shape index (κ2) is 7.19.